The van der Waals surface area contributed by atoms with Crippen molar-refractivity contribution in [2.75, 3.05) is 12.3 Å². The molecule has 3 rings (SSSR count). The molecule has 4 atom stereocenters. The minimum atomic E-state index is -4.12. The maximum Gasteiger partial charge on any atom is 0.303 e. The number of carbonyl (C=O) groups is 2. The van der Waals surface area contributed by atoms with E-state index >= 15 is 0 Å². The molecular weight excluding hydrogens is 452 g/mol. The van der Waals surface area contributed by atoms with Crippen LogP contribution in [0.2, 0.25) is 0 Å². The predicted octanol–water partition coefficient (Wildman–Crippen LogP) is 2.07. The van der Waals surface area contributed by atoms with Gasteiger partial charge in [0.15, 0.2) is 6.10 Å². The van der Waals surface area contributed by atoms with E-state index in [1.54, 1.807) is 18.2 Å². The van der Waals surface area contributed by atoms with Gasteiger partial charge in [-0.15, -0.1) is 0 Å². The summed E-state index contributed by atoms with van der Waals surface area (Å²) >= 11 is 0. The number of aryl methyl sites for hydroxylation is 1. The lowest BCUT2D eigenvalue weighted by molar-refractivity contribution is -0.211. The van der Waals surface area contributed by atoms with E-state index in [0.29, 0.717) is 11.3 Å². The fourth-order valence-electron chi connectivity index (χ4n) is 3.57. The SMILES string of the molecule is CC(=O)O[C@H]1[C@H](OC(C)=O)C[C@H](c2ccncc2N)O[C@@H]1COS(=O)(=O)c1ccc(C)cc1. The number of rotatable bonds is 7. The Morgan fingerprint density at radius 3 is 2.39 bits per heavy atom. The molecule has 2 N–H and O–H groups in total. The molecule has 0 spiro atoms. The molecule has 1 aromatic carbocycles. The summed E-state index contributed by atoms with van der Waals surface area (Å²) in [6, 6.07) is 7.80. The smallest absolute Gasteiger partial charge is 0.303 e. The van der Waals surface area contributed by atoms with Crippen molar-refractivity contribution in [3.05, 3.63) is 53.9 Å². The van der Waals surface area contributed by atoms with Gasteiger partial charge in [0.25, 0.3) is 10.1 Å². The Morgan fingerprint density at radius 1 is 1.12 bits per heavy atom. The molecule has 11 heteroatoms. The van der Waals surface area contributed by atoms with Gasteiger partial charge in [-0.2, -0.15) is 8.42 Å². The second-order valence-electron chi connectivity index (χ2n) is 7.68. The van der Waals surface area contributed by atoms with Crippen molar-refractivity contribution in [2.45, 2.75) is 56.5 Å². The third-order valence-corrected chi connectivity index (χ3v) is 6.36. The highest BCUT2D eigenvalue weighted by molar-refractivity contribution is 7.86. The first-order valence-corrected chi connectivity index (χ1v) is 11.6. The summed E-state index contributed by atoms with van der Waals surface area (Å²) in [7, 11) is -4.12. The molecule has 1 fully saturated rings. The largest absolute Gasteiger partial charge is 0.458 e. The standard InChI is InChI=1S/C22H26N2O8S/c1-13-4-6-16(7-5-13)33(27,28)29-12-21-22(31-15(3)26)20(30-14(2)25)10-19(32-21)17-8-9-24-11-18(17)23/h4-9,11,19-22H,10,12,23H2,1-3H3/t19-,20-,21-,22+/m1/s1. The molecule has 0 radical (unpaired) electrons. The van der Waals surface area contributed by atoms with Gasteiger partial charge < -0.3 is 19.9 Å². The number of nitrogen functional groups attached to an aromatic ring is 1. The zero-order valence-electron chi connectivity index (χ0n) is 18.5. The summed E-state index contributed by atoms with van der Waals surface area (Å²) in [6.07, 6.45) is -0.628. The molecule has 0 aliphatic carbocycles. The third kappa shape index (κ3) is 6.28. The second kappa shape index (κ2) is 10.3. The van der Waals surface area contributed by atoms with E-state index in [9.17, 15) is 18.0 Å². The summed E-state index contributed by atoms with van der Waals surface area (Å²) < 4.78 is 47.4. The number of nitrogens with two attached hydrogens (primary N) is 1. The molecule has 2 heterocycles. The van der Waals surface area contributed by atoms with Crippen molar-refractivity contribution in [1.82, 2.24) is 4.98 Å². The fourth-order valence-corrected chi connectivity index (χ4v) is 4.49. The number of carbonyl (C=O) groups excluding carboxylic acids is 2. The molecule has 0 unspecified atom stereocenters. The fraction of sp³-hybridized carbons (Fsp3) is 0.409. The molecule has 0 saturated carbocycles. The summed E-state index contributed by atoms with van der Waals surface area (Å²) in [4.78, 5) is 27.4. The van der Waals surface area contributed by atoms with E-state index in [4.69, 9.17) is 24.1 Å². The molecule has 0 bridgehead atoms. The quantitative estimate of drug-likeness (QED) is 0.464. The highest BCUT2D eigenvalue weighted by atomic mass is 32.2. The average Bonchev–Trinajstić information content (AvgIpc) is 2.74. The van der Waals surface area contributed by atoms with Gasteiger partial charge in [-0.05, 0) is 25.1 Å². The van der Waals surface area contributed by atoms with Crippen LogP contribution in [0.15, 0.2) is 47.6 Å². The van der Waals surface area contributed by atoms with Crippen molar-refractivity contribution in [3.63, 3.8) is 0 Å². The van der Waals surface area contributed by atoms with Crippen molar-refractivity contribution in [3.8, 4) is 0 Å². The number of esters is 2. The molecule has 10 nitrogen and oxygen atoms in total. The first-order valence-electron chi connectivity index (χ1n) is 10.2. The first-order chi connectivity index (χ1) is 15.6. The van der Waals surface area contributed by atoms with Crippen LogP contribution in [0, 0.1) is 6.92 Å². The van der Waals surface area contributed by atoms with E-state index in [1.165, 1.54) is 38.4 Å². The lowest BCUT2D eigenvalue weighted by atomic mass is 9.93. The normalized spacial score (nSPS) is 23.0. The number of nitrogens with zero attached hydrogens (tertiary/aromatic N) is 1. The highest BCUT2D eigenvalue weighted by Gasteiger charge is 2.44. The lowest BCUT2D eigenvalue weighted by Gasteiger charge is -2.40. The second-order valence-corrected chi connectivity index (χ2v) is 9.29. The molecule has 33 heavy (non-hydrogen) atoms. The summed E-state index contributed by atoms with van der Waals surface area (Å²) in [5, 5.41) is 0. The minimum Gasteiger partial charge on any atom is -0.458 e. The number of benzene rings is 1. The van der Waals surface area contributed by atoms with Crippen LogP contribution < -0.4 is 5.73 Å². The van der Waals surface area contributed by atoms with E-state index in [-0.39, 0.29) is 11.3 Å². The number of hydrogen-bond donors (Lipinski definition) is 1. The summed E-state index contributed by atoms with van der Waals surface area (Å²) in [5.41, 5.74) is 7.85. The number of pyridine rings is 1. The van der Waals surface area contributed by atoms with Gasteiger partial charge in [-0.1, -0.05) is 17.7 Å². The maximum atomic E-state index is 12.7. The van der Waals surface area contributed by atoms with Gasteiger partial charge in [-0.25, -0.2) is 0 Å². The molecule has 1 aromatic heterocycles. The molecule has 178 valence electrons. The van der Waals surface area contributed by atoms with Gasteiger partial charge in [-0.3, -0.25) is 18.8 Å². The van der Waals surface area contributed by atoms with E-state index in [1.807, 2.05) is 6.92 Å². The van der Waals surface area contributed by atoms with Gasteiger partial charge >= 0.3 is 11.9 Å². The van der Waals surface area contributed by atoms with E-state index < -0.39 is 53.1 Å². The molecule has 1 aliphatic rings. The summed E-state index contributed by atoms with van der Waals surface area (Å²) in [5.74, 6) is -1.23. The lowest BCUT2D eigenvalue weighted by Crippen LogP contribution is -2.51. The molecule has 1 aliphatic heterocycles. The Labute approximate surface area is 192 Å². The number of hydrogen-bond acceptors (Lipinski definition) is 10. The molecule has 0 amide bonds. The number of anilines is 1. The third-order valence-electron chi connectivity index (χ3n) is 5.07. The monoisotopic (exact) mass is 478 g/mol. The van der Waals surface area contributed by atoms with Crippen LogP contribution in [0.4, 0.5) is 5.69 Å². The van der Waals surface area contributed by atoms with Crippen molar-refractivity contribution < 1.29 is 36.4 Å². The minimum absolute atomic E-state index is 0.0283. The average molecular weight is 479 g/mol. The molecule has 2 aromatic rings. The van der Waals surface area contributed by atoms with Gasteiger partial charge in [0.1, 0.15) is 12.2 Å². The van der Waals surface area contributed by atoms with Crippen LogP contribution >= 0.6 is 0 Å². The Kier molecular flexibility index (Phi) is 7.67. The zero-order valence-corrected chi connectivity index (χ0v) is 19.3. The number of ether oxygens (including phenoxy) is 3. The summed E-state index contributed by atoms with van der Waals surface area (Å²) in [6.45, 7) is 3.77. The zero-order chi connectivity index (χ0) is 24.2. The van der Waals surface area contributed by atoms with Crippen molar-refractivity contribution >= 4 is 27.7 Å². The first kappa shape index (κ1) is 24.6. The highest BCUT2D eigenvalue weighted by Crippen LogP contribution is 2.37. The van der Waals surface area contributed by atoms with Gasteiger partial charge in [0.2, 0.25) is 0 Å². The van der Waals surface area contributed by atoms with Gasteiger partial charge in [0, 0.05) is 32.0 Å². The van der Waals surface area contributed by atoms with Gasteiger partial charge in [0.05, 0.1) is 29.5 Å². The van der Waals surface area contributed by atoms with E-state index in [0.717, 1.165) is 5.56 Å². The van der Waals surface area contributed by atoms with E-state index in [2.05, 4.69) is 4.98 Å². The van der Waals surface area contributed by atoms with Crippen molar-refractivity contribution in [1.29, 1.82) is 0 Å². The van der Waals surface area contributed by atoms with Crippen LogP contribution in [0.1, 0.15) is 37.5 Å². The van der Waals surface area contributed by atoms with Crippen LogP contribution in [0.5, 0.6) is 0 Å². The number of aromatic nitrogens is 1. The topological polar surface area (TPSA) is 144 Å². The van der Waals surface area contributed by atoms with Crippen LogP contribution in [0.3, 0.4) is 0 Å². The Balaban J connectivity index is 1.89. The Hall–Kier alpha value is -3.02. The maximum absolute atomic E-state index is 12.7. The van der Waals surface area contributed by atoms with Crippen LogP contribution in [-0.2, 0) is 38.1 Å². The van der Waals surface area contributed by atoms with Crippen LogP contribution in [0.25, 0.3) is 0 Å². The molecule has 1 saturated heterocycles. The predicted molar refractivity (Wildman–Crippen MR) is 116 cm³/mol. The Morgan fingerprint density at radius 2 is 1.79 bits per heavy atom. The Bertz CT molecular complexity index is 1100. The van der Waals surface area contributed by atoms with Crippen LogP contribution in [-0.4, -0.2) is 50.3 Å². The molecular formula is C22H26N2O8S. The van der Waals surface area contributed by atoms with Crippen molar-refractivity contribution in [2.24, 2.45) is 0 Å².